The normalized spacial score (nSPS) is 13.1. The summed E-state index contributed by atoms with van der Waals surface area (Å²) in [7, 11) is 0. The molecule has 2 aromatic carbocycles. The van der Waals surface area contributed by atoms with Gasteiger partial charge in [0, 0.05) is 23.2 Å². The quantitative estimate of drug-likeness (QED) is 0.605. The van der Waals surface area contributed by atoms with Crippen LogP contribution in [0.1, 0.15) is 17.5 Å². The van der Waals surface area contributed by atoms with Crippen molar-refractivity contribution in [3.8, 4) is 11.5 Å². The zero-order valence-electron chi connectivity index (χ0n) is 15.4. The Kier molecular flexibility index (Phi) is 6.55. The van der Waals surface area contributed by atoms with Crippen molar-refractivity contribution in [3.05, 3.63) is 58.6 Å². The summed E-state index contributed by atoms with van der Waals surface area (Å²) in [4.78, 5) is 23.8. The molecule has 0 atom stereocenters. The van der Waals surface area contributed by atoms with E-state index in [1.54, 1.807) is 36.4 Å². The Morgan fingerprint density at radius 2 is 1.93 bits per heavy atom. The number of amides is 1. The van der Waals surface area contributed by atoms with Gasteiger partial charge in [-0.2, -0.15) is 0 Å². The highest BCUT2D eigenvalue weighted by atomic mass is 35.5. The number of aryl methyl sites for hydroxylation is 1. The first-order chi connectivity index (χ1) is 13.5. The summed E-state index contributed by atoms with van der Waals surface area (Å²) in [5, 5.41) is 3.26. The highest BCUT2D eigenvalue weighted by molar-refractivity contribution is 6.30. The molecule has 6 nitrogen and oxygen atoms in total. The molecule has 0 spiro atoms. The monoisotopic (exact) mass is 401 g/mol. The van der Waals surface area contributed by atoms with Crippen LogP contribution in [0, 0.1) is 6.92 Å². The molecule has 0 fully saturated rings. The standard InChI is InChI=1S/C21H20ClNO5/c1-14-11-16(22)5-6-17(14)23-20(24)13-28-21(25)8-4-15-3-7-18-19(12-15)27-10-2-9-26-18/h3-8,11-12H,2,9-10,13H2,1H3,(H,23,24)/b8-4+. The van der Waals surface area contributed by atoms with E-state index in [0.29, 0.717) is 35.4 Å². The molecule has 0 unspecified atom stereocenters. The van der Waals surface area contributed by atoms with Crippen LogP contribution in [0.2, 0.25) is 5.02 Å². The maximum atomic E-state index is 11.9. The summed E-state index contributed by atoms with van der Waals surface area (Å²) in [5.74, 6) is 0.287. The molecule has 1 N–H and O–H groups in total. The summed E-state index contributed by atoms with van der Waals surface area (Å²) in [6, 6.07) is 10.5. The molecule has 0 bridgehead atoms. The first kappa shape index (κ1) is 19.8. The highest BCUT2D eigenvalue weighted by Gasteiger charge is 2.10. The van der Waals surface area contributed by atoms with Gasteiger partial charge in [-0.1, -0.05) is 17.7 Å². The zero-order valence-corrected chi connectivity index (χ0v) is 16.1. The molecule has 0 saturated heterocycles. The van der Waals surface area contributed by atoms with E-state index in [-0.39, 0.29) is 6.61 Å². The molecule has 28 heavy (non-hydrogen) atoms. The van der Waals surface area contributed by atoms with E-state index >= 15 is 0 Å². The molecule has 1 aliphatic heterocycles. The van der Waals surface area contributed by atoms with E-state index in [4.69, 9.17) is 25.8 Å². The van der Waals surface area contributed by atoms with Crippen molar-refractivity contribution in [2.75, 3.05) is 25.1 Å². The zero-order chi connectivity index (χ0) is 19.9. The van der Waals surface area contributed by atoms with Gasteiger partial charge in [-0.05, 0) is 54.5 Å². The van der Waals surface area contributed by atoms with Crippen LogP contribution >= 0.6 is 11.6 Å². The second-order valence-corrected chi connectivity index (χ2v) is 6.64. The van der Waals surface area contributed by atoms with E-state index in [9.17, 15) is 9.59 Å². The lowest BCUT2D eigenvalue weighted by molar-refractivity contribution is -0.142. The van der Waals surface area contributed by atoms with E-state index in [2.05, 4.69) is 5.32 Å². The summed E-state index contributed by atoms with van der Waals surface area (Å²) >= 11 is 5.88. The van der Waals surface area contributed by atoms with Crippen molar-refractivity contribution in [2.45, 2.75) is 13.3 Å². The maximum absolute atomic E-state index is 11.9. The minimum atomic E-state index is -0.616. The number of nitrogens with one attached hydrogen (secondary N) is 1. The molecule has 7 heteroatoms. The van der Waals surface area contributed by atoms with Gasteiger partial charge in [0.1, 0.15) is 0 Å². The van der Waals surface area contributed by atoms with Crippen molar-refractivity contribution in [1.82, 2.24) is 0 Å². The molecule has 1 heterocycles. The average molecular weight is 402 g/mol. The third kappa shape index (κ3) is 5.50. The number of anilines is 1. The van der Waals surface area contributed by atoms with Gasteiger partial charge in [-0.25, -0.2) is 4.79 Å². The third-order valence-corrected chi connectivity index (χ3v) is 4.23. The lowest BCUT2D eigenvalue weighted by Gasteiger charge is -2.08. The first-order valence-corrected chi connectivity index (χ1v) is 9.19. The maximum Gasteiger partial charge on any atom is 0.331 e. The molecular formula is C21H20ClNO5. The first-order valence-electron chi connectivity index (χ1n) is 8.82. The van der Waals surface area contributed by atoms with Crippen LogP contribution in [0.15, 0.2) is 42.5 Å². The van der Waals surface area contributed by atoms with Crippen LogP contribution in [0.3, 0.4) is 0 Å². The second kappa shape index (κ2) is 9.28. The number of benzene rings is 2. The highest BCUT2D eigenvalue weighted by Crippen LogP contribution is 2.30. The van der Waals surface area contributed by atoms with Gasteiger partial charge in [0.2, 0.25) is 0 Å². The number of carbonyl (C=O) groups excluding carboxylic acids is 2. The smallest absolute Gasteiger partial charge is 0.331 e. The van der Waals surface area contributed by atoms with Crippen molar-refractivity contribution in [2.24, 2.45) is 0 Å². The van der Waals surface area contributed by atoms with Crippen LogP contribution in [-0.4, -0.2) is 31.7 Å². The summed E-state index contributed by atoms with van der Waals surface area (Å²) < 4.78 is 16.2. The van der Waals surface area contributed by atoms with Crippen molar-refractivity contribution < 1.29 is 23.8 Å². The van der Waals surface area contributed by atoms with Crippen LogP contribution in [0.4, 0.5) is 5.69 Å². The van der Waals surface area contributed by atoms with E-state index in [1.165, 1.54) is 6.08 Å². The molecule has 3 rings (SSSR count). The fraction of sp³-hybridized carbons (Fsp3) is 0.238. The molecule has 1 amide bonds. The molecule has 146 valence electrons. The Bertz CT molecular complexity index is 910. The number of hydrogen-bond donors (Lipinski definition) is 1. The summed E-state index contributed by atoms with van der Waals surface area (Å²) in [5.41, 5.74) is 2.21. The number of fused-ring (bicyclic) bond motifs is 1. The number of hydrogen-bond acceptors (Lipinski definition) is 5. The largest absolute Gasteiger partial charge is 0.490 e. The second-order valence-electron chi connectivity index (χ2n) is 6.21. The molecule has 0 radical (unpaired) electrons. The van der Waals surface area contributed by atoms with Gasteiger partial charge in [0.05, 0.1) is 13.2 Å². The molecule has 0 aliphatic carbocycles. The summed E-state index contributed by atoms with van der Waals surface area (Å²) in [6.07, 6.45) is 3.68. The van der Waals surface area contributed by atoms with Gasteiger partial charge < -0.3 is 19.5 Å². The van der Waals surface area contributed by atoms with E-state index in [1.807, 2.05) is 13.0 Å². The number of rotatable bonds is 5. The Morgan fingerprint density at radius 3 is 2.71 bits per heavy atom. The Labute approximate surface area is 168 Å². The van der Waals surface area contributed by atoms with Crippen LogP contribution < -0.4 is 14.8 Å². The number of ether oxygens (including phenoxy) is 3. The van der Waals surface area contributed by atoms with Crippen molar-refractivity contribution in [3.63, 3.8) is 0 Å². The molecule has 1 aliphatic rings. The predicted molar refractivity (Wildman–Crippen MR) is 107 cm³/mol. The predicted octanol–water partition coefficient (Wildman–Crippen LogP) is 4.00. The SMILES string of the molecule is Cc1cc(Cl)ccc1NC(=O)COC(=O)/C=C/c1ccc2c(c1)OCCCO2. The van der Waals surface area contributed by atoms with Gasteiger partial charge >= 0.3 is 5.97 Å². The van der Waals surface area contributed by atoms with Gasteiger partial charge in [-0.15, -0.1) is 0 Å². The lowest BCUT2D eigenvalue weighted by Crippen LogP contribution is -2.20. The van der Waals surface area contributed by atoms with Crippen LogP contribution in [0.25, 0.3) is 6.08 Å². The number of carbonyl (C=O) groups is 2. The minimum Gasteiger partial charge on any atom is -0.490 e. The number of esters is 1. The van der Waals surface area contributed by atoms with E-state index < -0.39 is 11.9 Å². The topological polar surface area (TPSA) is 73.9 Å². The Hall–Kier alpha value is -2.99. The molecule has 2 aromatic rings. The fourth-order valence-corrected chi connectivity index (χ4v) is 2.81. The van der Waals surface area contributed by atoms with Crippen molar-refractivity contribution >= 4 is 35.2 Å². The van der Waals surface area contributed by atoms with E-state index in [0.717, 1.165) is 17.5 Å². The van der Waals surface area contributed by atoms with Crippen molar-refractivity contribution in [1.29, 1.82) is 0 Å². The Balaban J connectivity index is 1.51. The minimum absolute atomic E-state index is 0.383. The lowest BCUT2D eigenvalue weighted by atomic mass is 10.2. The molecule has 0 aromatic heterocycles. The summed E-state index contributed by atoms with van der Waals surface area (Å²) in [6.45, 7) is 2.65. The molecular weight excluding hydrogens is 382 g/mol. The average Bonchev–Trinajstić information content (AvgIpc) is 2.92. The van der Waals surface area contributed by atoms with Crippen LogP contribution in [0.5, 0.6) is 11.5 Å². The van der Waals surface area contributed by atoms with Gasteiger partial charge in [-0.3, -0.25) is 4.79 Å². The Morgan fingerprint density at radius 1 is 1.14 bits per heavy atom. The third-order valence-electron chi connectivity index (χ3n) is 3.99. The fourth-order valence-electron chi connectivity index (χ4n) is 2.59. The number of halogens is 1. The molecule has 0 saturated carbocycles. The van der Waals surface area contributed by atoms with Crippen LogP contribution in [-0.2, 0) is 14.3 Å². The van der Waals surface area contributed by atoms with Gasteiger partial charge in [0.15, 0.2) is 18.1 Å². The van der Waals surface area contributed by atoms with Gasteiger partial charge in [0.25, 0.3) is 5.91 Å².